The molecule has 0 saturated heterocycles. The zero-order valence-electron chi connectivity index (χ0n) is 22.6. The van der Waals surface area contributed by atoms with Gasteiger partial charge in [0.05, 0.1) is 0 Å². The Labute approximate surface area is 193 Å². The van der Waals surface area contributed by atoms with E-state index in [0.717, 1.165) is 28.7 Å². The fourth-order valence-electron chi connectivity index (χ4n) is 6.68. The molecular weight excluding hydrogens is 376 g/mol. The van der Waals surface area contributed by atoms with Crippen LogP contribution in [0.15, 0.2) is 0 Å². The average molecular weight is 425 g/mol. The standard InChI is InChI=1S/C30H48O/c1-16(2)20(9)24-22-15-21(17(3)4)25(19(7)8)30(13,14)26(22)28(31)27(29(10,11)12)23(24)18(5)6/h16-19,21,25,31H,15H2,1-8,10-14H3. The highest BCUT2D eigenvalue weighted by Crippen LogP contribution is 2.57. The van der Waals surface area contributed by atoms with Crippen molar-refractivity contribution in [3.05, 3.63) is 34.4 Å². The quantitative estimate of drug-likeness (QED) is 0.502. The lowest BCUT2D eigenvalue weighted by Gasteiger charge is -2.51. The fraction of sp³-hybridized carbons (Fsp3) is 0.733. The van der Waals surface area contributed by atoms with E-state index in [2.05, 4.69) is 90.0 Å². The third-order valence-corrected chi connectivity index (χ3v) is 7.74. The van der Waals surface area contributed by atoms with Crippen LogP contribution in [-0.4, -0.2) is 5.11 Å². The second-order valence-electron chi connectivity index (χ2n) is 12.9. The summed E-state index contributed by atoms with van der Waals surface area (Å²) in [7, 11) is 0. The summed E-state index contributed by atoms with van der Waals surface area (Å²) >= 11 is 0. The van der Waals surface area contributed by atoms with Crippen LogP contribution in [0.25, 0.3) is 5.57 Å². The molecule has 1 aromatic carbocycles. The molecule has 0 amide bonds. The Hall–Kier alpha value is -1.24. The Morgan fingerprint density at radius 2 is 1.48 bits per heavy atom. The summed E-state index contributed by atoms with van der Waals surface area (Å²) in [4.78, 5) is 0. The zero-order chi connectivity index (χ0) is 24.2. The first-order valence-corrected chi connectivity index (χ1v) is 12.5. The second-order valence-corrected chi connectivity index (χ2v) is 12.9. The molecule has 1 nitrogen and oxygen atoms in total. The normalized spacial score (nSPS) is 21.3. The van der Waals surface area contributed by atoms with Crippen molar-refractivity contribution in [1.29, 1.82) is 0 Å². The number of phenolic OH excluding ortho intramolecular Hbond substituents is 1. The Balaban J connectivity index is 3.14. The van der Waals surface area contributed by atoms with Gasteiger partial charge in [0.15, 0.2) is 0 Å². The molecule has 2 atom stereocenters. The number of phenols is 1. The maximum absolute atomic E-state index is 11.9. The summed E-state index contributed by atoms with van der Waals surface area (Å²) < 4.78 is 0. The van der Waals surface area contributed by atoms with Crippen molar-refractivity contribution in [1.82, 2.24) is 0 Å². The van der Waals surface area contributed by atoms with E-state index in [1.807, 2.05) is 0 Å². The summed E-state index contributed by atoms with van der Waals surface area (Å²) in [5, 5.41) is 11.9. The summed E-state index contributed by atoms with van der Waals surface area (Å²) in [5.41, 5.74) is 6.16. The number of rotatable bonds is 5. The van der Waals surface area contributed by atoms with Crippen LogP contribution in [0.5, 0.6) is 5.75 Å². The van der Waals surface area contributed by atoms with Gasteiger partial charge in [-0.1, -0.05) is 90.0 Å². The molecule has 31 heavy (non-hydrogen) atoms. The lowest BCUT2D eigenvalue weighted by atomic mass is 9.53. The predicted molar refractivity (Wildman–Crippen MR) is 136 cm³/mol. The highest BCUT2D eigenvalue weighted by atomic mass is 16.3. The summed E-state index contributed by atoms with van der Waals surface area (Å²) in [6.07, 6.45) is 0.960. The van der Waals surface area contributed by atoms with Gasteiger partial charge in [-0.25, -0.2) is 0 Å². The minimum atomic E-state index is -0.191. The molecule has 174 valence electrons. The van der Waals surface area contributed by atoms with Gasteiger partial charge in [-0.2, -0.15) is 0 Å². The van der Waals surface area contributed by atoms with Gasteiger partial charge >= 0.3 is 0 Å². The summed E-state index contributed by atoms with van der Waals surface area (Å²) in [6, 6.07) is 0. The molecule has 1 aliphatic rings. The van der Waals surface area contributed by atoms with E-state index in [1.54, 1.807) is 0 Å². The van der Waals surface area contributed by atoms with Crippen LogP contribution >= 0.6 is 0 Å². The van der Waals surface area contributed by atoms with E-state index in [9.17, 15) is 11.7 Å². The maximum atomic E-state index is 11.9. The van der Waals surface area contributed by atoms with E-state index >= 15 is 0 Å². The van der Waals surface area contributed by atoms with Crippen molar-refractivity contribution < 1.29 is 5.11 Å². The van der Waals surface area contributed by atoms with Gasteiger partial charge in [-0.15, -0.1) is 0 Å². The predicted octanol–water partition coefficient (Wildman–Crippen LogP) is 8.54. The largest absolute Gasteiger partial charge is 0.507 e. The van der Waals surface area contributed by atoms with Crippen molar-refractivity contribution in [2.45, 2.75) is 113 Å². The molecule has 0 spiro atoms. The third-order valence-electron chi connectivity index (χ3n) is 7.74. The second kappa shape index (κ2) is 8.60. The van der Waals surface area contributed by atoms with Crippen molar-refractivity contribution in [3.63, 3.8) is 0 Å². The average Bonchev–Trinajstić information content (AvgIpc) is 2.57. The molecule has 2 rings (SSSR count). The summed E-state index contributed by atoms with van der Waals surface area (Å²) in [5.74, 6) is 3.04. The SMILES string of the molecule is [C]=C(c1c2c(c(O)c(C(C)(C)C)c1C(C)C)C(C)(C)C(C(C)C)C(C(C)C)C2)C(C)C. The van der Waals surface area contributed by atoms with E-state index < -0.39 is 0 Å². The molecule has 1 aliphatic carbocycles. The van der Waals surface area contributed by atoms with Crippen LogP contribution < -0.4 is 0 Å². The molecule has 2 radical (unpaired) electrons. The van der Waals surface area contributed by atoms with Crippen LogP contribution in [0.2, 0.25) is 0 Å². The van der Waals surface area contributed by atoms with E-state index in [1.165, 1.54) is 11.1 Å². The van der Waals surface area contributed by atoms with Gasteiger partial charge < -0.3 is 5.11 Å². The first-order chi connectivity index (χ1) is 14.0. The van der Waals surface area contributed by atoms with Gasteiger partial charge in [-0.05, 0) is 81.6 Å². The van der Waals surface area contributed by atoms with Crippen molar-refractivity contribution in [2.24, 2.45) is 29.6 Å². The number of hydrogen-bond acceptors (Lipinski definition) is 1. The molecule has 0 bridgehead atoms. The zero-order valence-corrected chi connectivity index (χ0v) is 22.6. The van der Waals surface area contributed by atoms with Crippen LogP contribution in [-0.2, 0) is 17.3 Å². The van der Waals surface area contributed by atoms with Crippen LogP contribution in [0.3, 0.4) is 0 Å². The van der Waals surface area contributed by atoms with Gasteiger partial charge in [0.25, 0.3) is 0 Å². The molecule has 1 heteroatoms. The monoisotopic (exact) mass is 424 g/mol. The van der Waals surface area contributed by atoms with E-state index in [-0.39, 0.29) is 22.7 Å². The molecular formula is C30H48O. The highest BCUT2D eigenvalue weighted by Gasteiger charge is 2.49. The van der Waals surface area contributed by atoms with Gasteiger partial charge in [0, 0.05) is 11.1 Å². The first kappa shape index (κ1) is 26.0. The van der Waals surface area contributed by atoms with Gasteiger partial charge in [0.1, 0.15) is 5.75 Å². The first-order valence-electron chi connectivity index (χ1n) is 12.5. The Morgan fingerprint density at radius 1 is 0.968 bits per heavy atom. The lowest BCUT2D eigenvalue weighted by Crippen LogP contribution is -2.46. The third kappa shape index (κ3) is 4.36. The number of allylic oxidation sites excluding steroid dienone is 1. The Kier molecular flexibility index (Phi) is 7.22. The number of benzene rings is 1. The topological polar surface area (TPSA) is 20.2 Å². The van der Waals surface area contributed by atoms with E-state index in [0.29, 0.717) is 29.4 Å². The Morgan fingerprint density at radius 3 is 1.84 bits per heavy atom. The number of hydrogen-bond donors (Lipinski definition) is 1. The molecule has 0 heterocycles. The molecule has 0 aromatic heterocycles. The number of fused-ring (bicyclic) bond motifs is 1. The van der Waals surface area contributed by atoms with Crippen molar-refractivity contribution in [3.8, 4) is 5.75 Å². The molecule has 2 unspecified atom stereocenters. The molecule has 1 aromatic rings. The minimum Gasteiger partial charge on any atom is -0.507 e. The van der Waals surface area contributed by atoms with Crippen molar-refractivity contribution in [2.75, 3.05) is 0 Å². The highest BCUT2D eigenvalue weighted by molar-refractivity contribution is 5.77. The van der Waals surface area contributed by atoms with E-state index in [4.69, 9.17) is 0 Å². The van der Waals surface area contributed by atoms with Crippen molar-refractivity contribution >= 4 is 5.57 Å². The fourth-order valence-corrected chi connectivity index (χ4v) is 6.68. The molecule has 1 N–H and O–H groups in total. The lowest BCUT2D eigenvalue weighted by molar-refractivity contribution is 0.0976. The van der Waals surface area contributed by atoms with Crippen LogP contribution in [0, 0.1) is 36.2 Å². The minimum absolute atomic E-state index is 0.151. The van der Waals surface area contributed by atoms with Crippen LogP contribution in [0.1, 0.15) is 124 Å². The van der Waals surface area contributed by atoms with Gasteiger partial charge in [0.2, 0.25) is 0 Å². The smallest absolute Gasteiger partial charge is 0.123 e. The molecule has 0 saturated carbocycles. The molecule has 0 fully saturated rings. The number of aromatic hydroxyl groups is 1. The molecule has 0 aliphatic heterocycles. The van der Waals surface area contributed by atoms with Gasteiger partial charge in [-0.3, -0.25) is 0 Å². The Bertz CT molecular complexity index is 827. The summed E-state index contributed by atoms with van der Waals surface area (Å²) in [6.45, 7) is 38.6. The van der Waals surface area contributed by atoms with Crippen LogP contribution in [0.4, 0.5) is 0 Å². The maximum Gasteiger partial charge on any atom is 0.123 e.